The maximum Gasteiger partial charge on any atom is 0.113 e. The first kappa shape index (κ1) is 21.1. The number of hydrogen-bond acceptors (Lipinski definition) is 1. The summed E-state index contributed by atoms with van der Waals surface area (Å²) in [6.45, 7) is 20.0. The summed E-state index contributed by atoms with van der Waals surface area (Å²) >= 11 is 0. The van der Waals surface area contributed by atoms with Gasteiger partial charge in [-0.1, -0.05) is 71.6 Å². The molecule has 1 heteroatoms. The van der Waals surface area contributed by atoms with Gasteiger partial charge in [0.2, 0.25) is 0 Å². The van der Waals surface area contributed by atoms with Crippen LogP contribution in [0.25, 0.3) is 0 Å². The molecule has 0 N–H and O–H groups in total. The fourth-order valence-corrected chi connectivity index (χ4v) is 0.783. The Morgan fingerprint density at radius 2 is 1.71 bits per heavy atom. The second-order valence-corrected chi connectivity index (χ2v) is 2.79. The third-order valence-electron chi connectivity index (χ3n) is 1.57. The van der Waals surface area contributed by atoms with Crippen LogP contribution in [0.2, 0.25) is 0 Å². The molecule has 0 aromatic rings. The quantitative estimate of drug-likeness (QED) is 0.428. The molecule has 0 heterocycles. The molecule has 1 nitrogen and oxygen atoms in total. The van der Waals surface area contributed by atoms with Gasteiger partial charge >= 0.3 is 0 Å². The lowest BCUT2D eigenvalue weighted by atomic mass is 10.1. The van der Waals surface area contributed by atoms with Crippen molar-refractivity contribution in [2.45, 2.75) is 48.0 Å². The van der Waals surface area contributed by atoms with Crippen molar-refractivity contribution in [1.82, 2.24) is 0 Å². The lowest BCUT2D eigenvalue weighted by Crippen LogP contribution is -1.93. The molecule has 0 amide bonds. The van der Waals surface area contributed by atoms with E-state index in [0.29, 0.717) is 6.61 Å². The fraction of sp³-hybridized carbons (Fsp3) is 0.500. The molecule has 0 aromatic heterocycles. The standard InChI is InChI=1S/C12H18O.2C2H6/c1-5-7-8-9-12(11(3)4)10-13-6-2;2*1-2/h6-9H,2-3,5,10H2,1,4H3;2*1-2H3/b8-7-,12-9-;;. The van der Waals surface area contributed by atoms with Crippen molar-refractivity contribution in [3.8, 4) is 0 Å². The summed E-state index contributed by atoms with van der Waals surface area (Å²) < 4.78 is 5.09. The minimum atomic E-state index is 0.548. The Morgan fingerprint density at radius 3 is 2.06 bits per heavy atom. The van der Waals surface area contributed by atoms with Crippen LogP contribution in [0.3, 0.4) is 0 Å². The highest BCUT2D eigenvalue weighted by Crippen LogP contribution is 2.07. The van der Waals surface area contributed by atoms with Crippen LogP contribution in [0.1, 0.15) is 48.0 Å². The third-order valence-corrected chi connectivity index (χ3v) is 1.57. The van der Waals surface area contributed by atoms with E-state index in [-0.39, 0.29) is 0 Å². The summed E-state index contributed by atoms with van der Waals surface area (Å²) in [6.07, 6.45) is 8.63. The van der Waals surface area contributed by atoms with E-state index in [2.05, 4.69) is 26.2 Å². The second kappa shape index (κ2) is 20.2. The highest BCUT2D eigenvalue weighted by atomic mass is 16.5. The molecular weight excluding hydrogens is 208 g/mol. The molecule has 17 heavy (non-hydrogen) atoms. The van der Waals surface area contributed by atoms with Gasteiger partial charge in [0.15, 0.2) is 0 Å². The van der Waals surface area contributed by atoms with Crippen LogP contribution in [-0.4, -0.2) is 6.61 Å². The topological polar surface area (TPSA) is 9.23 Å². The van der Waals surface area contributed by atoms with Crippen molar-refractivity contribution in [2.75, 3.05) is 6.61 Å². The average molecular weight is 238 g/mol. The summed E-state index contributed by atoms with van der Waals surface area (Å²) in [5, 5.41) is 0. The van der Waals surface area contributed by atoms with Gasteiger partial charge in [0.1, 0.15) is 6.61 Å². The normalized spacial score (nSPS) is 9.65. The van der Waals surface area contributed by atoms with Gasteiger partial charge < -0.3 is 4.74 Å². The highest BCUT2D eigenvalue weighted by Gasteiger charge is 1.95. The maximum atomic E-state index is 5.09. The summed E-state index contributed by atoms with van der Waals surface area (Å²) in [5.41, 5.74) is 2.13. The molecule has 0 aliphatic rings. The van der Waals surface area contributed by atoms with E-state index in [1.165, 1.54) is 6.26 Å². The molecule has 100 valence electrons. The van der Waals surface area contributed by atoms with Crippen molar-refractivity contribution in [3.05, 3.63) is 48.8 Å². The van der Waals surface area contributed by atoms with Gasteiger partial charge in [-0.05, 0) is 18.9 Å². The van der Waals surface area contributed by atoms with Gasteiger partial charge in [-0.15, -0.1) is 0 Å². The third kappa shape index (κ3) is 17.4. The Hall–Kier alpha value is -1.24. The van der Waals surface area contributed by atoms with Gasteiger partial charge in [-0.25, -0.2) is 0 Å². The van der Waals surface area contributed by atoms with Crippen molar-refractivity contribution in [3.63, 3.8) is 0 Å². The van der Waals surface area contributed by atoms with Crippen molar-refractivity contribution < 1.29 is 4.74 Å². The van der Waals surface area contributed by atoms with Crippen LogP contribution in [0.5, 0.6) is 0 Å². The van der Waals surface area contributed by atoms with E-state index in [9.17, 15) is 0 Å². The van der Waals surface area contributed by atoms with Crippen LogP contribution < -0.4 is 0 Å². The van der Waals surface area contributed by atoms with E-state index in [1.54, 1.807) is 0 Å². The molecular formula is C16H30O. The lowest BCUT2D eigenvalue weighted by Gasteiger charge is -2.04. The summed E-state index contributed by atoms with van der Waals surface area (Å²) in [7, 11) is 0. The zero-order valence-electron chi connectivity index (χ0n) is 12.5. The predicted molar refractivity (Wildman–Crippen MR) is 81.2 cm³/mol. The van der Waals surface area contributed by atoms with E-state index in [0.717, 1.165) is 17.6 Å². The molecule has 0 aromatic carbocycles. The first-order valence-corrected chi connectivity index (χ1v) is 6.46. The molecule has 0 unspecified atom stereocenters. The zero-order valence-corrected chi connectivity index (χ0v) is 12.5. The average Bonchev–Trinajstić information content (AvgIpc) is 2.38. The monoisotopic (exact) mass is 238 g/mol. The first-order valence-electron chi connectivity index (χ1n) is 6.46. The van der Waals surface area contributed by atoms with Crippen molar-refractivity contribution >= 4 is 0 Å². The molecule has 0 aliphatic carbocycles. The predicted octanol–water partition coefficient (Wildman–Crippen LogP) is 5.67. The van der Waals surface area contributed by atoms with E-state index >= 15 is 0 Å². The number of rotatable bonds is 6. The first-order chi connectivity index (χ1) is 8.22. The smallest absolute Gasteiger partial charge is 0.113 e. The van der Waals surface area contributed by atoms with Gasteiger partial charge in [-0.2, -0.15) is 0 Å². The molecule has 0 atom stereocenters. The molecule has 0 aliphatic heterocycles. The Morgan fingerprint density at radius 1 is 1.18 bits per heavy atom. The minimum Gasteiger partial charge on any atom is -0.497 e. The van der Waals surface area contributed by atoms with Gasteiger partial charge in [0, 0.05) is 0 Å². The molecule has 0 saturated heterocycles. The molecule has 0 spiro atoms. The molecule has 0 fully saturated rings. The number of hydrogen-bond donors (Lipinski definition) is 0. The van der Waals surface area contributed by atoms with Crippen molar-refractivity contribution in [2.24, 2.45) is 0 Å². The maximum absolute atomic E-state index is 5.09. The summed E-state index contributed by atoms with van der Waals surface area (Å²) in [4.78, 5) is 0. The van der Waals surface area contributed by atoms with E-state index < -0.39 is 0 Å². The number of allylic oxidation sites excluding steroid dienone is 3. The zero-order chi connectivity index (χ0) is 14.1. The Kier molecular flexibility index (Phi) is 25.1. The summed E-state index contributed by atoms with van der Waals surface area (Å²) in [5.74, 6) is 0. The van der Waals surface area contributed by atoms with Crippen LogP contribution in [0.15, 0.2) is 48.8 Å². The van der Waals surface area contributed by atoms with Crippen LogP contribution in [0.4, 0.5) is 0 Å². The SMILES string of the molecule is C=COC/C(=C/C=C\CC)C(=C)C.CC.CC. The lowest BCUT2D eigenvalue weighted by molar-refractivity contribution is 0.283. The fourth-order valence-electron chi connectivity index (χ4n) is 0.783. The van der Waals surface area contributed by atoms with Crippen LogP contribution in [0, 0.1) is 0 Å². The Balaban J connectivity index is -0.000000439. The number of ether oxygens (including phenoxy) is 1. The van der Waals surface area contributed by atoms with Gasteiger partial charge in [0.05, 0.1) is 6.26 Å². The van der Waals surface area contributed by atoms with Crippen LogP contribution >= 0.6 is 0 Å². The molecule has 0 radical (unpaired) electrons. The minimum absolute atomic E-state index is 0.548. The van der Waals surface area contributed by atoms with E-state index in [4.69, 9.17) is 4.74 Å². The van der Waals surface area contributed by atoms with Gasteiger partial charge in [-0.3, -0.25) is 0 Å². The van der Waals surface area contributed by atoms with Crippen LogP contribution in [-0.2, 0) is 4.74 Å². The molecule has 0 rings (SSSR count). The Labute approximate surface area is 109 Å². The summed E-state index contributed by atoms with van der Waals surface area (Å²) in [6, 6.07) is 0. The van der Waals surface area contributed by atoms with E-state index in [1.807, 2.05) is 46.8 Å². The van der Waals surface area contributed by atoms with Gasteiger partial charge in [0.25, 0.3) is 0 Å². The molecule has 0 bridgehead atoms. The largest absolute Gasteiger partial charge is 0.497 e. The Bertz CT molecular complexity index is 222. The van der Waals surface area contributed by atoms with Crippen molar-refractivity contribution in [1.29, 1.82) is 0 Å². The molecule has 0 saturated carbocycles. The second-order valence-electron chi connectivity index (χ2n) is 2.79. The highest BCUT2D eigenvalue weighted by molar-refractivity contribution is 5.30.